The van der Waals surface area contributed by atoms with Gasteiger partial charge in [-0.15, -0.1) is 0 Å². The molecule has 0 heterocycles. The summed E-state index contributed by atoms with van der Waals surface area (Å²) in [7, 11) is -3.46. The maximum absolute atomic E-state index is 11.9. The summed E-state index contributed by atoms with van der Waals surface area (Å²) in [5.74, 6) is -1.22. The van der Waals surface area contributed by atoms with Gasteiger partial charge in [-0.2, -0.15) is 0 Å². The third-order valence-electron chi connectivity index (χ3n) is 1.46. The van der Waals surface area contributed by atoms with Crippen LogP contribution in [0.25, 0.3) is 0 Å². The molecule has 0 saturated carbocycles. The molecule has 0 aromatic carbocycles. The van der Waals surface area contributed by atoms with Crippen molar-refractivity contribution in [1.82, 2.24) is 5.09 Å². The van der Waals surface area contributed by atoms with Gasteiger partial charge in [0.25, 0.3) is 0 Å². The van der Waals surface area contributed by atoms with E-state index >= 15 is 0 Å². The molecule has 0 rings (SSSR count). The third-order valence-corrected chi connectivity index (χ3v) is 3.38. The first kappa shape index (κ1) is 15.5. The van der Waals surface area contributed by atoms with Crippen LogP contribution >= 0.6 is 7.75 Å². The topological polar surface area (TPSA) is 111 Å². The van der Waals surface area contributed by atoms with Gasteiger partial charge in [-0.1, -0.05) is 0 Å². The summed E-state index contributed by atoms with van der Waals surface area (Å²) in [5, 5.41) is 11.1. The molecule has 0 aromatic heterocycles. The first-order chi connectivity index (χ1) is 7.30. The van der Waals surface area contributed by atoms with Crippen molar-refractivity contribution in [3.05, 3.63) is 0 Å². The summed E-state index contributed by atoms with van der Waals surface area (Å²) in [4.78, 5) is 10.4. The van der Waals surface area contributed by atoms with Crippen LogP contribution in [0, 0.1) is 0 Å². The normalized spacial score (nSPS) is 17.1. The lowest BCUT2D eigenvalue weighted by atomic mass is 10.3. The Morgan fingerprint density at radius 1 is 1.50 bits per heavy atom. The molecule has 8 heteroatoms. The van der Waals surface area contributed by atoms with E-state index in [4.69, 9.17) is 19.9 Å². The van der Waals surface area contributed by atoms with Gasteiger partial charge in [0.2, 0.25) is 0 Å². The molecule has 0 bridgehead atoms. The van der Waals surface area contributed by atoms with Crippen molar-refractivity contribution < 1.29 is 23.5 Å². The fourth-order valence-electron chi connectivity index (χ4n) is 0.848. The zero-order valence-electron chi connectivity index (χ0n) is 9.67. The largest absolute Gasteiger partial charge is 0.480 e. The van der Waals surface area contributed by atoms with Crippen LogP contribution in [-0.4, -0.2) is 36.4 Å². The molecule has 7 nitrogen and oxygen atoms in total. The molecule has 0 radical (unpaired) electrons. The van der Waals surface area contributed by atoms with Crippen LogP contribution < -0.4 is 10.8 Å². The zero-order chi connectivity index (χ0) is 12.8. The molecule has 0 fully saturated rings. The predicted molar refractivity (Wildman–Crippen MR) is 59.1 cm³/mol. The molecule has 16 heavy (non-hydrogen) atoms. The lowest BCUT2D eigenvalue weighted by Crippen LogP contribution is -2.35. The molecule has 4 N–H and O–H groups in total. The number of aliphatic carboxylic acids is 1. The maximum atomic E-state index is 11.9. The quantitative estimate of drug-likeness (QED) is 0.542. The van der Waals surface area contributed by atoms with E-state index in [1.54, 1.807) is 20.8 Å². The number of carbonyl (C=O) groups is 1. The molecular formula is C8H19N2O5P. The number of hydrogen-bond acceptors (Lipinski definition) is 5. The zero-order valence-corrected chi connectivity index (χ0v) is 10.6. The van der Waals surface area contributed by atoms with Gasteiger partial charge in [0, 0.05) is 6.04 Å². The molecule has 0 aliphatic carbocycles. The second-order valence-corrected chi connectivity index (χ2v) is 5.21. The van der Waals surface area contributed by atoms with E-state index in [9.17, 15) is 9.36 Å². The Balaban J connectivity index is 4.33. The highest BCUT2D eigenvalue weighted by Gasteiger charge is 2.27. The molecule has 0 saturated heterocycles. The molecule has 0 spiro atoms. The van der Waals surface area contributed by atoms with Crippen molar-refractivity contribution >= 4 is 13.7 Å². The minimum absolute atomic E-state index is 0.113. The predicted octanol–water partition coefficient (Wildman–Crippen LogP) is 0.557. The van der Waals surface area contributed by atoms with Crippen molar-refractivity contribution in [2.24, 2.45) is 5.73 Å². The van der Waals surface area contributed by atoms with Gasteiger partial charge in [0.1, 0.15) is 6.04 Å². The van der Waals surface area contributed by atoms with E-state index < -0.39 is 19.8 Å². The number of hydrogen-bond donors (Lipinski definition) is 3. The van der Waals surface area contributed by atoms with Crippen molar-refractivity contribution in [3.63, 3.8) is 0 Å². The van der Waals surface area contributed by atoms with E-state index in [1.807, 2.05) is 0 Å². The van der Waals surface area contributed by atoms with E-state index in [1.165, 1.54) is 0 Å². The van der Waals surface area contributed by atoms with Crippen LogP contribution in [0.2, 0.25) is 0 Å². The van der Waals surface area contributed by atoms with Crippen molar-refractivity contribution in [1.29, 1.82) is 0 Å². The summed E-state index contributed by atoms with van der Waals surface area (Å²) in [6, 6.07) is -1.33. The van der Waals surface area contributed by atoms with Gasteiger partial charge in [0.15, 0.2) is 0 Å². The number of nitrogens with two attached hydrogens (primary N) is 1. The Labute approximate surface area is 94.9 Å². The molecule has 96 valence electrons. The Bertz CT molecular complexity index is 271. The van der Waals surface area contributed by atoms with Gasteiger partial charge in [-0.05, 0) is 20.8 Å². The average Bonchev–Trinajstić information content (AvgIpc) is 2.13. The highest BCUT2D eigenvalue weighted by atomic mass is 31.2. The van der Waals surface area contributed by atoms with Gasteiger partial charge in [0.05, 0.1) is 13.2 Å². The average molecular weight is 254 g/mol. The van der Waals surface area contributed by atoms with Gasteiger partial charge in [-0.25, -0.2) is 9.65 Å². The molecule has 0 aliphatic heterocycles. The van der Waals surface area contributed by atoms with E-state index in [-0.39, 0.29) is 19.3 Å². The van der Waals surface area contributed by atoms with Crippen LogP contribution in [0.5, 0.6) is 0 Å². The number of carboxylic acids is 1. The van der Waals surface area contributed by atoms with Gasteiger partial charge >= 0.3 is 13.7 Å². The molecule has 0 unspecified atom stereocenters. The highest BCUT2D eigenvalue weighted by molar-refractivity contribution is 7.51. The second-order valence-electron chi connectivity index (χ2n) is 3.44. The lowest BCUT2D eigenvalue weighted by molar-refractivity contribution is -0.139. The summed E-state index contributed by atoms with van der Waals surface area (Å²) in [6.07, 6.45) is 0. The highest BCUT2D eigenvalue weighted by Crippen LogP contribution is 2.43. The second kappa shape index (κ2) is 6.98. The summed E-state index contributed by atoms with van der Waals surface area (Å²) >= 11 is 0. The Morgan fingerprint density at radius 2 is 2.06 bits per heavy atom. The molecule has 0 aliphatic rings. The van der Waals surface area contributed by atoms with Gasteiger partial charge in [-0.3, -0.25) is 13.8 Å². The summed E-state index contributed by atoms with van der Waals surface area (Å²) in [6.45, 7) is 5.03. The number of rotatable bonds is 8. The lowest BCUT2D eigenvalue weighted by Gasteiger charge is -2.21. The third kappa shape index (κ3) is 6.19. The molecule has 0 amide bonds. The Hall–Kier alpha value is -0.460. The first-order valence-electron chi connectivity index (χ1n) is 4.96. The maximum Gasteiger partial charge on any atom is 0.405 e. The van der Waals surface area contributed by atoms with Gasteiger partial charge < -0.3 is 10.8 Å². The van der Waals surface area contributed by atoms with E-state index in [2.05, 4.69) is 5.09 Å². The van der Waals surface area contributed by atoms with Crippen LogP contribution in [-0.2, 0) is 18.4 Å². The number of nitrogens with one attached hydrogen (secondary N) is 1. The monoisotopic (exact) mass is 254 g/mol. The minimum Gasteiger partial charge on any atom is -0.480 e. The van der Waals surface area contributed by atoms with E-state index in [0.29, 0.717) is 0 Å². The smallest absolute Gasteiger partial charge is 0.405 e. The molecule has 2 atom stereocenters. The van der Waals surface area contributed by atoms with Crippen molar-refractivity contribution in [2.75, 3.05) is 13.2 Å². The minimum atomic E-state index is -3.46. The molecular weight excluding hydrogens is 235 g/mol. The molecule has 0 aromatic rings. The fraction of sp³-hybridized carbons (Fsp3) is 0.875. The van der Waals surface area contributed by atoms with E-state index in [0.717, 1.165) is 0 Å². The van der Waals surface area contributed by atoms with Crippen LogP contribution in [0.4, 0.5) is 0 Å². The van der Waals surface area contributed by atoms with Crippen LogP contribution in [0.1, 0.15) is 20.8 Å². The van der Waals surface area contributed by atoms with Crippen LogP contribution in [0.3, 0.4) is 0 Å². The Morgan fingerprint density at radius 3 is 2.44 bits per heavy atom. The standard InChI is InChI=1S/C8H19N2O5P/c1-4-14-16(13,10-6(2)3)15-5-7(9)8(11)12/h6-7H,4-5,9H2,1-3H3,(H,10,13)(H,11,12)/t7-,16-/m0/s1. The SMILES string of the molecule is CCO[P@@](=O)(NC(C)C)OC[C@H](N)C(=O)O. The summed E-state index contributed by atoms with van der Waals surface area (Å²) in [5.41, 5.74) is 5.22. The number of carboxylic acid groups (broad SMARTS) is 1. The summed E-state index contributed by atoms with van der Waals surface area (Å²) < 4.78 is 21.8. The Kier molecular flexibility index (Phi) is 6.78. The van der Waals surface area contributed by atoms with Crippen LogP contribution in [0.15, 0.2) is 0 Å². The first-order valence-corrected chi connectivity index (χ1v) is 6.50. The van der Waals surface area contributed by atoms with Crippen molar-refractivity contribution in [3.8, 4) is 0 Å². The fourth-order valence-corrected chi connectivity index (χ4v) is 2.40. The van der Waals surface area contributed by atoms with Crippen molar-refractivity contribution in [2.45, 2.75) is 32.9 Å².